The zero-order valence-electron chi connectivity index (χ0n) is 12.4. The van der Waals surface area contributed by atoms with Crippen LogP contribution in [0.15, 0.2) is 22.8 Å². The van der Waals surface area contributed by atoms with Crippen molar-refractivity contribution in [3.05, 3.63) is 39.2 Å². The van der Waals surface area contributed by atoms with Gasteiger partial charge in [0, 0.05) is 23.5 Å². The molecule has 114 valence electrons. The molecule has 22 heavy (non-hydrogen) atoms. The summed E-state index contributed by atoms with van der Waals surface area (Å²) >= 11 is 9.76. The van der Waals surface area contributed by atoms with Gasteiger partial charge in [0.1, 0.15) is 0 Å². The van der Waals surface area contributed by atoms with Gasteiger partial charge in [0.25, 0.3) is 0 Å². The van der Waals surface area contributed by atoms with Crippen LogP contribution in [-0.4, -0.2) is 29.8 Å². The van der Waals surface area contributed by atoms with Crippen molar-refractivity contribution in [2.45, 2.75) is 20.3 Å². The van der Waals surface area contributed by atoms with Crippen LogP contribution in [0.5, 0.6) is 0 Å². The van der Waals surface area contributed by atoms with E-state index >= 15 is 0 Å². The largest absolute Gasteiger partial charge is 0.231 e. The molecule has 0 fully saturated rings. The van der Waals surface area contributed by atoms with Crippen LogP contribution in [0.1, 0.15) is 18.3 Å². The Morgan fingerprint density at radius 3 is 2.68 bits per heavy atom. The van der Waals surface area contributed by atoms with Gasteiger partial charge in [-0.05, 0) is 40.5 Å². The van der Waals surface area contributed by atoms with Gasteiger partial charge >= 0.3 is 0 Å². The fourth-order valence-corrected chi connectivity index (χ4v) is 2.68. The van der Waals surface area contributed by atoms with Crippen LogP contribution in [0, 0.1) is 6.92 Å². The van der Waals surface area contributed by atoms with Crippen LogP contribution < -0.4 is 0 Å². The lowest BCUT2D eigenvalue weighted by atomic mass is 10.1. The molecular weight excluding hydrogens is 368 g/mol. The average molecular weight is 382 g/mol. The highest BCUT2D eigenvalue weighted by atomic mass is 79.9. The maximum absolute atomic E-state index is 6.28. The van der Waals surface area contributed by atoms with Gasteiger partial charge in [-0.2, -0.15) is 4.68 Å². The van der Waals surface area contributed by atoms with Crippen molar-refractivity contribution in [3.63, 3.8) is 0 Å². The molecule has 3 aromatic rings. The Kier molecular flexibility index (Phi) is 4.01. The molecule has 3 rings (SSSR count). The molecule has 0 spiro atoms. The smallest absolute Gasteiger partial charge is 0.174 e. The van der Waals surface area contributed by atoms with Crippen molar-refractivity contribution in [2.75, 3.05) is 0 Å². The van der Waals surface area contributed by atoms with E-state index in [1.807, 2.05) is 33.0 Å². The van der Waals surface area contributed by atoms with Crippen LogP contribution in [0.2, 0.25) is 5.02 Å². The molecule has 0 bridgehead atoms. The van der Waals surface area contributed by atoms with Gasteiger partial charge in [0.15, 0.2) is 17.5 Å². The molecule has 0 saturated heterocycles. The van der Waals surface area contributed by atoms with E-state index in [2.05, 4.69) is 36.3 Å². The van der Waals surface area contributed by atoms with Crippen molar-refractivity contribution in [2.24, 2.45) is 7.05 Å². The first-order valence-corrected chi connectivity index (χ1v) is 7.95. The number of aryl methyl sites for hydroxylation is 3. The van der Waals surface area contributed by atoms with E-state index in [-0.39, 0.29) is 0 Å². The highest BCUT2D eigenvalue weighted by Crippen LogP contribution is 2.32. The lowest BCUT2D eigenvalue weighted by Gasteiger charge is -2.08. The zero-order chi connectivity index (χ0) is 15.9. The molecule has 0 aliphatic heterocycles. The van der Waals surface area contributed by atoms with Crippen molar-refractivity contribution < 1.29 is 0 Å². The Hall–Kier alpha value is -1.73. The number of aromatic nitrogens is 6. The number of hydrogen-bond donors (Lipinski definition) is 0. The molecule has 8 heteroatoms. The molecule has 0 aliphatic rings. The monoisotopic (exact) mass is 380 g/mol. The summed E-state index contributed by atoms with van der Waals surface area (Å²) in [6, 6.07) is 3.90. The summed E-state index contributed by atoms with van der Waals surface area (Å²) < 4.78 is 4.30. The number of hydrogen-bond acceptors (Lipinski definition) is 4. The van der Waals surface area contributed by atoms with E-state index in [1.54, 1.807) is 15.6 Å². The standard InChI is InChI=1S/C14H14BrClN6/c1-4-11-18-14(9-5-8(2)13(15)10(16)6-9)22(19-11)12-7-17-20-21(12)3/h5-7H,4H2,1-3H3. The predicted molar refractivity (Wildman–Crippen MR) is 88.2 cm³/mol. The molecule has 0 aliphatic carbocycles. The third-order valence-electron chi connectivity index (χ3n) is 3.34. The summed E-state index contributed by atoms with van der Waals surface area (Å²) in [6.45, 7) is 4.01. The van der Waals surface area contributed by atoms with Crippen molar-refractivity contribution in [3.8, 4) is 17.2 Å². The second-order valence-electron chi connectivity index (χ2n) is 4.92. The van der Waals surface area contributed by atoms with Crippen molar-refractivity contribution >= 4 is 27.5 Å². The first-order valence-electron chi connectivity index (χ1n) is 6.78. The molecular formula is C14H14BrClN6. The Labute approximate surface area is 141 Å². The SMILES string of the molecule is CCc1nc(-c2cc(C)c(Br)c(Cl)c2)n(-c2cnnn2C)n1. The molecule has 0 saturated carbocycles. The maximum atomic E-state index is 6.28. The van der Waals surface area contributed by atoms with E-state index in [1.165, 1.54) is 0 Å². The van der Waals surface area contributed by atoms with Crippen LogP contribution in [-0.2, 0) is 13.5 Å². The topological polar surface area (TPSA) is 61.4 Å². The third kappa shape index (κ3) is 2.55. The second kappa shape index (κ2) is 5.81. The number of benzene rings is 1. The van der Waals surface area contributed by atoms with Crippen LogP contribution >= 0.6 is 27.5 Å². The molecule has 0 N–H and O–H groups in total. The fourth-order valence-electron chi connectivity index (χ4n) is 2.18. The molecule has 1 aromatic carbocycles. The lowest BCUT2D eigenvalue weighted by molar-refractivity contribution is 0.670. The predicted octanol–water partition coefficient (Wildman–Crippen LogP) is 3.35. The summed E-state index contributed by atoms with van der Waals surface area (Å²) in [7, 11) is 1.82. The van der Waals surface area contributed by atoms with E-state index in [0.717, 1.165) is 39.5 Å². The van der Waals surface area contributed by atoms with Gasteiger partial charge in [0.2, 0.25) is 0 Å². The summed E-state index contributed by atoms with van der Waals surface area (Å²) in [5, 5.41) is 13.0. The third-order valence-corrected chi connectivity index (χ3v) is 4.92. The molecule has 2 heterocycles. The van der Waals surface area contributed by atoms with Gasteiger partial charge < -0.3 is 0 Å². The van der Waals surface area contributed by atoms with Crippen LogP contribution in [0.25, 0.3) is 17.2 Å². The highest BCUT2D eigenvalue weighted by molar-refractivity contribution is 9.10. The zero-order valence-corrected chi connectivity index (χ0v) is 14.7. The summed E-state index contributed by atoms with van der Waals surface area (Å²) in [5.41, 5.74) is 1.94. The second-order valence-corrected chi connectivity index (χ2v) is 6.12. The minimum Gasteiger partial charge on any atom is -0.231 e. The van der Waals surface area contributed by atoms with Gasteiger partial charge in [-0.1, -0.05) is 23.7 Å². The normalized spacial score (nSPS) is 11.1. The van der Waals surface area contributed by atoms with Crippen molar-refractivity contribution in [1.82, 2.24) is 29.8 Å². The molecule has 0 radical (unpaired) electrons. The number of nitrogens with zero attached hydrogens (tertiary/aromatic N) is 6. The molecule has 2 aromatic heterocycles. The van der Waals surface area contributed by atoms with E-state index in [9.17, 15) is 0 Å². The van der Waals surface area contributed by atoms with Gasteiger partial charge in [-0.15, -0.1) is 10.2 Å². The van der Waals surface area contributed by atoms with Gasteiger partial charge in [-0.3, -0.25) is 0 Å². The Morgan fingerprint density at radius 1 is 1.32 bits per heavy atom. The molecule has 0 atom stereocenters. The first-order chi connectivity index (χ1) is 10.5. The Balaban J connectivity index is 2.23. The lowest BCUT2D eigenvalue weighted by Crippen LogP contribution is -2.06. The summed E-state index contributed by atoms with van der Waals surface area (Å²) in [5.74, 6) is 2.23. The summed E-state index contributed by atoms with van der Waals surface area (Å²) in [4.78, 5) is 4.62. The Morgan fingerprint density at radius 2 is 2.09 bits per heavy atom. The number of halogens is 2. The van der Waals surface area contributed by atoms with Gasteiger partial charge in [0.05, 0.1) is 11.2 Å². The minimum atomic E-state index is 0.644. The first kappa shape index (κ1) is 15.2. The van der Waals surface area contributed by atoms with Crippen molar-refractivity contribution in [1.29, 1.82) is 0 Å². The maximum Gasteiger partial charge on any atom is 0.174 e. The number of rotatable bonds is 3. The molecule has 6 nitrogen and oxygen atoms in total. The quantitative estimate of drug-likeness (QED) is 0.698. The van der Waals surface area contributed by atoms with Crippen LogP contribution in [0.3, 0.4) is 0 Å². The fraction of sp³-hybridized carbons (Fsp3) is 0.286. The van der Waals surface area contributed by atoms with Crippen LogP contribution in [0.4, 0.5) is 0 Å². The average Bonchev–Trinajstić information content (AvgIpc) is 3.09. The Bertz CT molecular complexity index is 815. The van der Waals surface area contributed by atoms with Gasteiger partial charge in [-0.25, -0.2) is 9.67 Å². The van der Waals surface area contributed by atoms with E-state index in [4.69, 9.17) is 11.6 Å². The summed E-state index contributed by atoms with van der Waals surface area (Å²) in [6.07, 6.45) is 2.40. The molecule has 0 unspecified atom stereocenters. The highest BCUT2D eigenvalue weighted by Gasteiger charge is 2.17. The van der Waals surface area contributed by atoms with E-state index in [0.29, 0.717) is 5.02 Å². The molecule has 0 amide bonds. The van der Waals surface area contributed by atoms with E-state index < -0.39 is 0 Å². The minimum absolute atomic E-state index is 0.644.